The number of ether oxygens (including phenoxy) is 1. The van der Waals surface area contributed by atoms with Crippen molar-refractivity contribution in [2.45, 2.75) is 39.7 Å². The Morgan fingerprint density at radius 3 is 2.54 bits per heavy atom. The van der Waals surface area contributed by atoms with E-state index in [4.69, 9.17) is 21.3 Å². The van der Waals surface area contributed by atoms with Gasteiger partial charge in [0, 0.05) is 27.9 Å². The highest BCUT2D eigenvalue weighted by Gasteiger charge is 2.27. The van der Waals surface area contributed by atoms with E-state index >= 15 is 4.39 Å². The quantitative estimate of drug-likeness (QED) is 0.195. The molecule has 0 spiro atoms. The molecule has 0 aliphatic heterocycles. The summed E-state index contributed by atoms with van der Waals surface area (Å²) in [5, 5.41) is 3.29. The van der Waals surface area contributed by atoms with Gasteiger partial charge in [-0.25, -0.2) is 9.37 Å². The largest absolute Gasteiger partial charge is 0.460 e. The summed E-state index contributed by atoms with van der Waals surface area (Å²) in [5.74, 6) is -2.80. The van der Waals surface area contributed by atoms with Gasteiger partial charge in [0.2, 0.25) is 0 Å². The molecule has 0 aliphatic rings. The smallest absolute Gasteiger partial charge is 0.307 e. The van der Waals surface area contributed by atoms with Crippen molar-refractivity contribution >= 4 is 50.3 Å². The van der Waals surface area contributed by atoms with Crippen LogP contribution in [-0.2, 0) is 9.53 Å². The second-order valence-corrected chi connectivity index (χ2v) is 11.3. The Labute approximate surface area is 241 Å². The Balaban J connectivity index is 2.00. The average molecular weight is 614 g/mol. The Bertz CT molecular complexity index is 1450. The number of rotatable bonds is 9. The van der Waals surface area contributed by atoms with Crippen LogP contribution in [0, 0.1) is 12.8 Å². The molecule has 1 unspecified atom stereocenters. The first-order valence-corrected chi connectivity index (χ1v) is 13.6. The third-order valence-electron chi connectivity index (χ3n) is 5.77. The minimum atomic E-state index is -1.04. The molecule has 0 saturated heterocycles. The molecule has 1 heterocycles. The first kappa shape index (κ1) is 30.3. The molecule has 3 aromatic rings. The van der Waals surface area contributed by atoms with Crippen molar-refractivity contribution in [3.63, 3.8) is 0 Å². The van der Waals surface area contributed by atoms with E-state index in [0.29, 0.717) is 27.7 Å². The van der Waals surface area contributed by atoms with Crippen molar-refractivity contribution in [3.8, 4) is 11.3 Å². The van der Waals surface area contributed by atoms with Gasteiger partial charge in [-0.1, -0.05) is 76.6 Å². The van der Waals surface area contributed by atoms with Crippen molar-refractivity contribution in [2.75, 3.05) is 6.54 Å². The number of aromatic nitrogens is 1. The van der Waals surface area contributed by atoms with Crippen LogP contribution in [-0.4, -0.2) is 29.0 Å². The minimum Gasteiger partial charge on any atom is -0.460 e. The molecule has 2 aromatic carbocycles. The fraction of sp³-hybridized carbons (Fsp3) is 0.258. The number of carbonyl (C=O) groups excluding carboxylic acids is 2. The second kappa shape index (κ2) is 13.2. The van der Waals surface area contributed by atoms with Gasteiger partial charge in [-0.2, -0.15) is 0 Å². The second-order valence-electron chi connectivity index (χ2n) is 9.98. The molecule has 0 bridgehead atoms. The van der Waals surface area contributed by atoms with Crippen LogP contribution in [0.2, 0.25) is 0 Å². The van der Waals surface area contributed by atoms with Gasteiger partial charge in [-0.05, 0) is 57.5 Å². The van der Waals surface area contributed by atoms with Crippen LogP contribution in [0.5, 0.6) is 0 Å². The Morgan fingerprint density at radius 1 is 1.21 bits per heavy atom. The zero-order valence-corrected chi connectivity index (χ0v) is 24.7. The lowest BCUT2D eigenvalue weighted by Gasteiger charge is -2.22. The molecule has 1 atom stereocenters. The molecule has 0 aliphatic carbocycles. The number of hydrogen-bond acceptors (Lipinski definition) is 4. The number of hydrogen-bond donors (Lipinski definition) is 1. The van der Waals surface area contributed by atoms with Crippen LogP contribution in [0.3, 0.4) is 0 Å². The van der Waals surface area contributed by atoms with Crippen LogP contribution in [0.1, 0.15) is 43.1 Å². The molecular weight excluding hydrogens is 583 g/mol. The summed E-state index contributed by atoms with van der Waals surface area (Å²) in [6, 6.07) is 15.1. The normalized spacial score (nSPS) is 13.2. The predicted octanol–water partition coefficient (Wildman–Crippen LogP) is 8.21. The molecule has 1 aromatic heterocycles. The van der Waals surface area contributed by atoms with Crippen molar-refractivity contribution in [2.24, 2.45) is 5.92 Å². The molecule has 1 amide bonds. The third-order valence-corrected chi connectivity index (χ3v) is 6.57. The molecule has 39 heavy (non-hydrogen) atoms. The van der Waals surface area contributed by atoms with Crippen LogP contribution in [0.4, 0.5) is 4.39 Å². The van der Waals surface area contributed by atoms with Gasteiger partial charge in [0.25, 0.3) is 5.91 Å². The molecule has 0 saturated carbocycles. The fourth-order valence-corrected chi connectivity index (χ4v) is 4.66. The maximum Gasteiger partial charge on any atom is 0.307 e. The van der Waals surface area contributed by atoms with Crippen molar-refractivity contribution in [1.82, 2.24) is 10.3 Å². The first-order valence-electron chi connectivity index (χ1n) is 12.4. The van der Waals surface area contributed by atoms with Crippen molar-refractivity contribution in [1.29, 1.82) is 0 Å². The highest BCUT2D eigenvalue weighted by Crippen LogP contribution is 2.32. The summed E-state index contributed by atoms with van der Waals surface area (Å²) in [5.41, 5.74) is 2.53. The number of esters is 1. The van der Waals surface area contributed by atoms with E-state index in [1.165, 1.54) is 18.2 Å². The predicted molar refractivity (Wildman–Crippen MR) is 159 cm³/mol. The van der Waals surface area contributed by atoms with Gasteiger partial charge in [-0.3, -0.25) is 9.59 Å². The molecule has 3 rings (SSSR count). The summed E-state index contributed by atoms with van der Waals surface area (Å²) in [4.78, 5) is 31.1. The molecule has 0 fully saturated rings. The zero-order valence-electron chi connectivity index (χ0n) is 22.4. The maximum absolute atomic E-state index is 15.4. The average Bonchev–Trinajstić information content (AvgIpc) is 2.88. The minimum absolute atomic E-state index is 0.181. The first-order chi connectivity index (χ1) is 18.4. The molecule has 5 nitrogen and oxygen atoms in total. The van der Waals surface area contributed by atoms with Gasteiger partial charge in [0.05, 0.1) is 28.2 Å². The van der Waals surface area contributed by atoms with Gasteiger partial charge in [0.1, 0.15) is 11.4 Å². The topological polar surface area (TPSA) is 68.3 Å². The number of allylic oxidation sites excluding steroid dienone is 4. The number of nitrogens with zero attached hydrogens (tertiary/aromatic N) is 1. The summed E-state index contributed by atoms with van der Waals surface area (Å²) in [6.45, 7) is 10.4. The Morgan fingerprint density at radius 2 is 1.90 bits per heavy atom. The van der Waals surface area contributed by atoms with E-state index in [1.807, 2.05) is 55.5 Å². The molecular formula is C31H31BrClFN2O3. The van der Waals surface area contributed by atoms with E-state index in [1.54, 1.807) is 20.8 Å². The van der Waals surface area contributed by atoms with E-state index in [9.17, 15) is 9.59 Å². The van der Waals surface area contributed by atoms with Gasteiger partial charge in [0.15, 0.2) is 0 Å². The summed E-state index contributed by atoms with van der Waals surface area (Å²) in [7, 11) is 0. The monoisotopic (exact) mass is 612 g/mol. The number of benzene rings is 2. The highest BCUT2D eigenvalue weighted by molar-refractivity contribution is 9.10. The summed E-state index contributed by atoms with van der Waals surface area (Å²) >= 11 is 9.63. The summed E-state index contributed by atoms with van der Waals surface area (Å²) in [6.07, 6.45) is 3.98. The molecule has 1 N–H and O–H groups in total. The lowest BCUT2D eigenvalue weighted by molar-refractivity contribution is -0.155. The van der Waals surface area contributed by atoms with Crippen LogP contribution < -0.4 is 5.32 Å². The van der Waals surface area contributed by atoms with Crippen LogP contribution >= 0.6 is 27.5 Å². The third kappa shape index (κ3) is 8.10. The summed E-state index contributed by atoms with van der Waals surface area (Å²) < 4.78 is 21.6. The number of pyridine rings is 1. The number of fused-ring (bicyclic) bond motifs is 1. The Kier molecular flexibility index (Phi) is 10.2. The van der Waals surface area contributed by atoms with Gasteiger partial charge in [-0.15, -0.1) is 0 Å². The zero-order chi connectivity index (χ0) is 28.7. The van der Waals surface area contributed by atoms with E-state index < -0.39 is 29.2 Å². The number of nitrogens with one attached hydrogen (secondary N) is 1. The van der Waals surface area contributed by atoms with Crippen molar-refractivity contribution in [3.05, 3.63) is 99.8 Å². The lowest BCUT2D eigenvalue weighted by Crippen LogP contribution is -2.33. The van der Waals surface area contributed by atoms with E-state index in [-0.39, 0.29) is 18.0 Å². The van der Waals surface area contributed by atoms with Gasteiger partial charge >= 0.3 is 5.97 Å². The Hall–Kier alpha value is -3.29. The van der Waals surface area contributed by atoms with E-state index in [2.05, 4.69) is 27.8 Å². The van der Waals surface area contributed by atoms with Crippen molar-refractivity contribution < 1.29 is 18.7 Å². The maximum atomic E-state index is 15.4. The van der Waals surface area contributed by atoms with Crippen LogP contribution in [0.15, 0.2) is 88.7 Å². The van der Waals surface area contributed by atoms with Gasteiger partial charge < -0.3 is 10.1 Å². The van der Waals surface area contributed by atoms with E-state index in [0.717, 1.165) is 10.0 Å². The van der Waals surface area contributed by atoms with Crippen LogP contribution in [0.25, 0.3) is 22.2 Å². The standard InChI is InChI=1S/C31H31BrClFN2O3/c1-6-7-13-24(33)28(34)21(16-26(37)39-31(3,4)5)18-35-30(38)27-19(2)29(20-11-9-8-10-12-20)36-25-15-14-22(32)17-23(25)27/h6-15,17,21H,1,16,18H2,2-5H3,(H,35,38)/b13-7-,28-24+. The molecule has 204 valence electrons. The highest BCUT2D eigenvalue weighted by atomic mass is 79.9. The lowest BCUT2D eigenvalue weighted by atomic mass is 9.96. The SMILES string of the molecule is C=C/C=C\C(Cl)=C(/F)C(CNC(=O)c1c(C)c(-c2ccccc2)nc2ccc(Br)cc12)CC(=O)OC(C)(C)C. The number of carbonyl (C=O) groups is 2. The molecule has 0 radical (unpaired) electrons. The molecule has 8 heteroatoms. The number of amides is 1. The fourth-order valence-electron chi connectivity index (χ4n) is 4.07. The number of halogens is 3.